The summed E-state index contributed by atoms with van der Waals surface area (Å²) in [5, 5.41) is 16.2. The van der Waals surface area contributed by atoms with Gasteiger partial charge in [0.2, 0.25) is 0 Å². The molecule has 4 aromatic rings. The average molecular weight is 469 g/mol. The number of thiazole rings is 1. The number of nitrogens with one attached hydrogen (secondary N) is 1. The Morgan fingerprint density at radius 3 is 2.79 bits per heavy atom. The van der Waals surface area contributed by atoms with Gasteiger partial charge in [-0.25, -0.2) is 14.2 Å². The number of nitriles is 1. The molecule has 29 heavy (non-hydrogen) atoms. The summed E-state index contributed by atoms with van der Waals surface area (Å²) >= 11 is 4.57. The smallest absolute Gasteiger partial charge is 0.345 e. The van der Waals surface area contributed by atoms with Crippen LogP contribution in [-0.4, -0.2) is 10.7 Å². The summed E-state index contributed by atoms with van der Waals surface area (Å²) < 4.78 is 19.2. The maximum absolute atomic E-state index is 13.0. The lowest BCUT2D eigenvalue weighted by atomic mass is 10.1. The molecule has 0 atom stereocenters. The van der Waals surface area contributed by atoms with E-state index < -0.39 is 5.63 Å². The van der Waals surface area contributed by atoms with Gasteiger partial charge in [0.15, 0.2) is 10.7 Å². The predicted octanol–water partition coefficient (Wildman–Crippen LogP) is 5.16. The summed E-state index contributed by atoms with van der Waals surface area (Å²) in [4.78, 5) is 16.7. The summed E-state index contributed by atoms with van der Waals surface area (Å²) in [6, 6.07) is 14.6. The molecular weight excluding hydrogens is 459 g/mol. The van der Waals surface area contributed by atoms with Crippen molar-refractivity contribution in [3.63, 3.8) is 0 Å². The molecule has 0 bridgehead atoms. The molecule has 1 N–H and O–H groups in total. The predicted molar refractivity (Wildman–Crippen MR) is 113 cm³/mol. The van der Waals surface area contributed by atoms with E-state index in [0.717, 1.165) is 9.86 Å². The molecule has 0 aliphatic heterocycles. The lowest BCUT2D eigenvalue weighted by Crippen LogP contribution is -2.04. The molecule has 0 saturated carbocycles. The van der Waals surface area contributed by atoms with Crippen molar-refractivity contribution in [3.05, 3.63) is 79.6 Å². The van der Waals surface area contributed by atoms with E-state index in [-0.39, 0.29) is 11.5 Å². The number of hydrogen-bond donors (Lipinski definition) is 1. The van der Waals surface area contributed by atoms with Crippen molar-refractivity contribution >= 4 is 49.6 Å². The van der Waals surface area contributed by atoms with Gasteiger partial charge in [-0.05, 0) is 48.5 Å². The third-order valence-corrected chi connectivity index (χ3v) is 5.27. The second kappa shape index (κ2) is 7.95. The molecule has 0 fully saturated rings. The SMILES string of the molecule is N#CC(=NNc1ccc(F)cc1)c1nc(-c2cc3cc(Br)ccc3oc2=O)cs1. The molecule has 6 nitrogen and oxygen atoms in total. The fraction of sp³-hybridized carbons (Fsp3) is 0. The third kappa shape index (κ3) is 4.08. The molecule has 4 rings (SSSR count). The molecule has 142 valence electrons. The number of nitrogens with zero attached hydrogens (tertiary/aromatic N) is 3. The summed E-state index contributed by atoms with van der Waals surface area (Å²) in [5.74, 6) is -0.370. The van der Waals surface area contributed by atoms with Crippen LogP contribution in [0.4, 0.5) is 10.1 Å². The Kier molecular flexibility index (Phi) is 5.20. The highest BCUT2D eigenvalue weighted by Crippen LogP contribution is 2.25. The normalized spacial score (nSPS) is 11.4. The highest BCUT2D eigenvalue weighted by molar-refractivity contribution is 9.10. The summed E-state index contributed by atoms with van der Waals surface area (Å²) in [5.41, 5.74) is 3.90. The second-order valence-electron chi connectivity index (χ2n) is 5.86. The minimum atomic E-state index is -0.517. The van der Waals surface area contributed by atoms with Crippen LogP contribution in [0.2, 0.25) is 0 Å². The van der Waals surface area contributed by atoms with E-state index in [1.54, 1.807) is 23.6 Å². The number of fused-ring (bicyclic) bond motifs is 1. The third-order valence-electron chi connectivity index (χ3n) is 3.92. The maximum atomic E-state index is 13.0. The summed E-state index contributed by atoms with van der Waals surface area (Å²) in [7, 11) is 0. The Hall–Kier alpha value is -3.35. The number of hydrazone groups is 1. The monoisotopic (exact) mass is 468 g/mol. The summed E-state index contributed by atoms with van der Waals surface area (Å²) in [6.07, 6.45) is 0. The van der Waals surface area contributed by atoms with Crippen LogP contribution in [0.3, 0.4) is 0 Å². The van der Waals surface area contributed by atoms with Gasteiger partial charge in [0.05, 0.1) is 16.9 Å². The Morgan fingerprint density at radius 1 is 1.24 bits per heavy atom. The first-order chi connectivity index (χ1) is 14.0. The van der Waals surface area contributed by atoms with E-state index in [1.807, 2.05) is 12.1 Å². The number of anilines is 1. The number of benzene rings is 2. The molecule has 2 aromatic carbocycles. The average Bonchev–Trinajstić information content (AvgIpc) is 3.19. The highest BCUT2D eigenvalue weighted by atomic mass is 79.9. The van der Waals surface area contributed by atoms with Crippen molar-refractivity contribution in [1.29, 1.82) is 5.26 Å². The van der Waals surface area contributed by atoms with Crippen molar-refractivity contribution in [1.82, 2.24) is 4.98 Å². The van der Waals surface area contributed by atoms with Gasteiger partial charge in [-0.2, -0.15) is 10.4 Å². The zero-order chi connectivity index (χ0) is 20.4. The number of hydrogen-bond acceptors (Lipinski definition) is 7. The lowest BCUT2D eigenvalue weighted by molar-refractivity contribution is 0.563. The van der Waals surface area contributed by atoms with Crippen LogP contribution in [0.5, 0.6) is 0 Å². The molecule has 0 saturated heterocycles. The highest BCUT2D eigenvalue weighted by Gasteiger charge is 2.15. The van der Waals surface area contributed by atoms with E-state index >= 15 is 0 Å². The van der Waals surface area contributed by atoms with Crippen LogP contribution in [0.15, 0.2) is 72.7 Å². The molecule has 9 heteroatoms. The minimum absolute atomic E-state index is 0.0403. The molecule has 0 aliphatic carbocycles. The van der Waals surface area contributed by atoms with Crippen LogP contribution < -0.4 is 11.1 Å². The Morgan fingerprint density at radius 2 is 2.03 bits per heavy atom. The topological polar surface area (TPSA) is 91.3 Å². The van der Waals surface area contributed by atoms with Crippen molar-refractivity contribution in [2.45, 2.75) is 0 Å². The zero-order valence-electron chi connectivity index (χ0n) is 14.5. The molecule has 0 spiro atoms. The summed E-state index contributed by atoms with van der Waals surface area (Å²) in [6.45, 7) is 0. The number of rotatable bonds is 4. The largest absolute Gasteiger partial charge is 0.422 e. The molecule has 0 radical (unpaired) electrons. The van der Waals surface area contributed by atoms with Crippen LogP contribution in [0.1, 0.15) is 5.01 Å². The van der Waals surface area contributed by atoms with Crippen molar-refractivity contribution in [2.75, 3.05) is 5.43 Å². The first-order valence-corrected chi connectivity index (χ1v) is 9.90. The van der Waals surface area contributed by atoms with Crippen molar-refractivity contribution in [3.8, 4) is 17.3 Å². The van der Waals surface area contributed by atoms with Gasteiger partial charge in [-0.15, -0.1) is 11.3 Å². The van der Waals surface area contributed by atoms with E-state index in [2.05, 4.69) is 31.4 Å². The Bertz CT molecular complexity index is 1340. The lowest BCUT2D eigenvalue weighted by Gasteiger charge is -2.01. The molecule has 0 unspecified atom stereocenters. The quantitative estimate of drug-likeness (QED) is 0.253. The first kappa shape index (κ1) is 19.0. The maximum Gasteiger partial charge on any atom is 0.345 e. The van der Waals surface area contributed by atoms with Gasteiger partial charge < -0.3 is 4.42 Å². The number of halogens is 2. The van der Waals surface area contributed by atoms with Gasteiger partial charge in [0, 0.05) is 15.2 Å². The van der Waals surface area contributed by atoms with Gasteiger partial charge in [0.1, 0.15) is 17.5 Å². The van der Waals surface area contributed by atoms with Gasteiger partial charge in [-0.1, -0.05) is 15.9 Å². The van der Waals surface area contributed by atoms with Crippen molar-refractivity contribution in [2.24, 2.45) is 5.10 Å². The Labute approximate surface area is 176 Å². The van der Waals surface area contributed by atoms with E-state index in [4.69, 9.17) is 4.42 Å². The van der Waals surface area contributed by atoms with Gasteiger partial charge >= 0.3 is 5.63 Å². The number of aromatic nitrogens is 1. The van der Waals surface area contributed by atoms with E-state index in [0.29, 0.717) is 27.5 Å². The second-order valence-corrected chi connectivity index (χ2v) is 7.63. The molecule has 0 aliphatic rings. The molecule has 2 aromatic heterocycles. The standard InChI is InChI=1S/C20H10BrFN4O2S/c21-12-1-6-18-11(7-12)8-15(20(27)28-18)17-10-29-19(24-17)16(9-23)26-25-14-4-2-13(22)3-5-14/h1-8,10,25H. The van der Waals surface area contributed by atoms with E-state index in [9.17, 15) is 14.4 Å². The molecule has 2 heterocycles. The fourth-order valence-electron chi connectivity index (χ4n) is 2.54. The first-order valence-electron chi connectivity index (χ1n) is 8.22. The van der Waals surface area contributed by atoms with Crippen LogP contribution in [-0.2, 0) is 0 Å². The van der Waals surface area contributed by atoms with Crippen LogP contribution in [0, 0.1) is 17.1 Å². The molecular formula is C20H10BrFN4O2S. The van der Waals surface area contributed by atoms with Crippen LogP contribution >= 0.6 is 27.3 Å². The minimum Gasteiger partial charge on any atom is -0.422 e. The van der Waals surface area contributed by atoms with Gasteiger partial charge in [0.25, 0.3) is 0 Å². The fourth-order valence-corrected chi connectivity index (χ4v) is 3.68. The zero-order valence-corrected chi connectivity index (χ0v) is 16.9. The molecule has 0 amide bonds. The Balaban J connectivity index is 1.66. The van der Waals surface area contributed by atoms with Crippen molar-refractivity contribution < 1.29 is 8.81 Å². The van der Waals surface area contributed by atoms with Gasteiger partial charge in [-0.3, -0.25) is 5.43 Å². The van der Waals surface area contributed by atoms with E-state index in [1.165, 1.54) is 35.6 Å². The van der Waals surface area contributed by atoms with Crippen LogP contribution in [0.25, 0.3) is 22.2 Å².